The van der Waals surface area contributed by atoms with Gasteiger partial charge in [0.25, 0.3) is 5.91 Å². The largest absolute Gasteiger partial charge is 0.370 e. The molecule has 2 N–H and O–H groups in total. The number of nitrogens with one attached hydrogen (secondary N) is 2. The van der Waals surface area contributed by atoms with Crippen LogP contribution in [-0.4, -0.2) is 35.0 Å². The van der Waals surface area contributed by atoms with Crippen LogP contribution in [0.1, 0.15) is 55.6 Å². The average molecular weight is 307 g/mol. The van der Waals surface area contributed by atoms with Gasteiger partial charge in [-0.05, 0) is 43.6 Å². The quantitative estimate of drug-likeness (QED) is 0.876. The van der Waals surface area contributed by atoms with E-state index < -0.39 is 0 Å². The van der Waals surface area contributed by atoms with E-state index in [0.717, 1.165) is 30.2 Å². The van der Waals surface area contributed by atoms with Gasteiger partial charge in [0.05, 0.1) is 0 Å². The van der Waals surface area contributed by atoms with Crippen molar-refractivity contribution in [3.63, 3.8) is 0 Å². The first-order chi connectivity index (χ1) is 10.1. The molecular weight excluding hydrogens is 282 g/mol. The number of hydrogen-bond donors (Lipinski definition) is 2. The van der Waals surface area contributed by atoms with Gasteiger partial charge in [0.1, 0.15) is 5.82 Å². The van der Waals surface area contributed by atoms with Gasteiger partial charge in [-0.15, -0.1) is 0 Å². The van der Waals surface area contributed by atoms with Crippen molar-refractivity contribution in [2.75, 3.05) is 23.4 Å². The highest BCUT2D eigenvalue weighted by Crippen LogP contribution is 2.20. The fraction of sp³-hybridized carbons (Fsp3) is 0.625. The molecule has 116 valence electrons. The summed E-state index contributed by atoms with van der Waals surface area (Å²) in [5.41, 5.74) is 1.66. The summed E-state index contributed by atoms with van der Waals surface area (Å²) in [6.07, 6.45) is 2.27. The van der Waals surface area contributed by atoms with Crippen LogP contribution in [0.5, 0.6) is 0 Å². The maximum absolute atomic E-state index is 12.5. The van der Waals surface area contributed by atoms with Gasteiger partial charge in [-0.1, -0.05) is 13.8 Å². The molecule has 1 fully saturated rings. The molecule has 0 aromatic carbocycles. The summed E-state index contributed by atoms with van der Waals surface area (Å²) in [6, 6.07) is 4.06. The molecule has 1 saturated heterocycles. The molecule has 4 nitrogen and oxygen atoms in total. The van der Waals surface area contributed by atoms with Crippen molar-refractivity contribution in [1.82, 2.24) is 10.3 Å². The maximum atomic E-state index is 12.5. The Labute approximate surface area is 131 Å². The Hall–Kier alpha value is -1.23. The zero-order chi connectivity index (χ0) is 15.2. The van der Waals surface area contributed by atoms with Gasteiger partial charge in [0.2, 0.25) is 0 Å². The molecule has 0 saturated carbocycles. The number of nitrogens with zero attached hydrogens (tertiary/aromatic N) is 1. The minimum absolute atomic E-state index is 0.0194. The van der Waals surface area contributed by atoms with Crippen molar-refractivity contribution in [1.29, 1.82) is 0 Å². The Morgan fingerprint density at radius 3 is 2.90 bits per heavy atom. The number of thioether (sulfide) groups is 1. The van der Waals surface area contributed by atoms with E-state index in [1.165, 1.54) is 12.2 Å². The lowest BCUT2D eigenvalue weighted by Crippen LogP contribution is -2.38. The van der Waals surface area contributed by atoms with E-state index in [-0.39, 0.29) is 5.91 Å². The van der Waals surface area contributed by atoms with E-state index in [1.807, 2.05) is 30.8 Å². The zero-order valence-corrected chi connectivity index (χ0v) is 13.9. The molecule has 2 heterocycles. The molecule has 0 spiro atoms. The number of pyridine rings is 1. The molecule has 1 aromatic rings. The molecule has 1 amide bonds. The monoisotopic (exact) mass is 307 g/mol. The second kappa shape index (κ2) is 7.69. The predicted molar refractivity (Wildman–Crippen MR) is 90.3 cm³/mol. The highest BCUT2D eigenvalue weighted by molar-refractivity contribution is 7.99. The summed E-state index contributed by atoms with van der Waals surface area (Å²) in [7, 11) is 0. The van der Waals surface area contributed by atoms with Crippen LogP contribution < -0.4 is 10.6 Å². The SMILES string of the molecule is CCNc1cc(C(=O)NC2CCCSC2)cc(C(C)C)n1. The minimum Gasteiger partial charge on any atom is -0.370 e. The van der Waals surface area contributed by atoms with E-state index in [4.69, 9.17) is 0 Å². The van der Waals surface area contributed by atoms with Crippen LogP contribution in [-0.2, 0) is 0 Å². The Bertz CT molecular complexity index is 484. The van der Waals surface area contributed by atoms with Crippen LogP contribution in [0.25, 0.3) is 0 Å². The van der Waals surface area contributed by atoms with Gasteiger partial charge < -0.3 is 10.6 Å². The first kappa shape index (κ1) is 16.1. The molecule has 1 unspecified atom stereocenters. The zero-order valence-electron chi connectivity index (χ0n) is 13.1. The van der Waals surface area contributed by atoms with Gasteiger partial charge in [-0.3, -0.25) is 4.79 Å². The number of aromatic nitrogens is 1. The van der Waals surface area contributed by atoms with Crippen molar-refractivity contribution in [2.24, 2.45) is 0 Å². The second-order valence-corrected chi connectivity index (χ2v) is 6.89. The van der Waals surface area contributed by atoms with Crippen LogP contribution in [0.3, 0.4) is 0 Å². The third-order valence-electron chi connectivity index (χ3n) is 3.55. The second-order valence-electron chi connectivity index (χ2n) is 5.74. The lowest BCUT2D eigenvalue weighted by molar-refractivity contribution is 0.0938. The molecule has 21 heavy (non-hydrogen) atoms. The lowest BCUT2D eigenvalue weighted by Gasteiger charge is -2.22. The van der Waals surface area contributed by atoms with Crippen molar-refractivity contribution >= 4 is 23.5 Å². The van der Waals surface area contributed by atoms with Gasteiger partial charge in [0, 0.05) is 29.6 Å². The predicted octanol–water partition coefficient (Wildman–Crippen LogP) is 3.26. The fourth-order valence-corrected chi connectivity index (χ4v) is 3.45. The van der Waals surface area contributed by atoms with E-state index in [9.17, 15) is 4.79 Å². The molecule has 1 atom stereocenters. The molecular formula is C16H25N3OS. The molecule has 5 heteroatoms. The Morgan fingerprint density at radius 2 is 2.29 bits per heavy atom. The normalized spacial score (nSPS) is 18.6. The van der Waals surface area contributed by atoms with Crippen molar-refractivity contribution in [3.05, 3.63) is 23.4 Å². The number of hydrogen-bond acceptors (Lipinski definition) is 4. The summed E-state index contributed by atoms with van der Waals surface area (Å²) in [5.74, 6) is 3.34. The number of anilines is 1. The third-order valence-corrected chi connectivity index (χ3v) is 4.77. The third kappa shape index (κ3) is 4.63. The van der Waals surface area contributed by atoms with Crippen LogP contribution in [0, 0.1) is 0 Å². The van der Waals surface area contributed by atoms with Crippen molar-refractivity contribution < 1.29 is 4.79 Å². The van der Waals surface area contributed by atoms with E-state index in [0.29, 0.717) is 17.5 Å². The summed E-state index contributed by atoms with van der Waals surface area (Å²) >= 11 is 1.92. The molecule has 0 bridgehead atoms. The molecule has 1 aliphatic heterocycles. The smallest absolute Gasteiger partial charge is 0.251 e. The molecule has 1 aromatic heterocycles. The van der Waals surface area contributed by atoms with Gasteiger partial charge >= 0.3 is 0 Å². The van der Waals surface area contributed by atoms with Crippen molar-refractivity contribution in [2.45, 2.75) is 45.6 Å². The summed E-state index contributed by atoms with van der Waals surface area (Å²) in [4.78, 5) is 17.0. The molecule has 0 radical (unpaired) electrons. The minimum atomic E-state index is 0.0194. The Balaban J connectivity index is 2.14. The average Bonchev–Trinajstić information content (AvgIpc) is 2.48. The molecule has 1 aliphatic rings. The first-order valence-corrected chi connectivity index (χ1v) is 8.90. The highest BCUT2D eigenvalue weighted by Gasteiger charge is 2.18. The Morgan fingerprint density at radius 1 is 1.48 bits per heavy atom. The number of amides is 1. The summed E-state index contributed by atoms with van der Waals surface area (Å²) in [6.45, 7) is 7.02. The fourth-order valence-electron chi connectivity index (χ4n) is 2.37. The number of rotatable bonds is 5. The van der Waals surface area contributed by atoms with Crippen LogP contribution in [0.15, 0.2) is 12.1 Å². The highest BCUT2D eigenvalue weighted by atomic mass is 32.2. The van der Waals surface area contributed by atoms with Gasteiger partial charge in [-0.25, -0.2) is 4.98 Å². The topological polar surface area (TPSA) is 54.0 Å². The van der Waals surface area contributed by atoms with Gasteiger partial charge in [0.15, 0.2) is 0 Å². The lowest BCUT2D eigenvalue weighted by atomic mass is 10.1. The number of carbonyl (C=O) groups is 1. The summed E-state index contributed by atoms with van der Waals surface area (Å²) in [5, 5.41) is 6.36. The molecule has 2 rings (SSSR count). The number of carbonyl (C=O) groups excluding carboxylic acids is 1. The maximum Gasteiger partial charge on any atom is 0.251 e. The van der Waals surface area contributed by atoms with Crippen molar-refractivity contribution in [3.8, 4) is 0 Å². The van der Waals surface area contributed by atoms with Crippen LogP contribution in [0.4, 0.5) is 5.82 Å². The van der Waals surface area contributed by atoms with Gasteiger partial charge in [-0.2, -0.15) is 11.8 Å². The summed E-state index contributed by atoms with van der Waals surface area (Å²) < 4.78 is 0. The first-order valence-electron chi connectivity index (χ1n) is 7.74. The van der Waals surface area contributed by atoms with Crippen LogP contribution >= 0.6 is 11.8 Å². The standard InChI is InChI=1S/C16H25N3OS/c1-4-17-15-9-12(8-14(19-15)11(2)3)16(20)18-13-6-5-7-21-10-13/h8-9,11,13H,4-7,10H2,1-3H3,(H,17,19)(H,18,20). The van der Waals surface area contributed by atoms with E-state index in [2.05, 4.69) is 29.5 Å². The Kier molecular flexibility index (Phi) is 5.91. The molecule has 0 aliphatic carbocycles. The van der Waals surface area contributed by atoms with Crippen LogP contribution in [0.2, 0.25) is 0 Å². The van der Waals surface area contributed by atoms with E-state index in [1.54, 1.807) is 0 Å². The van der Waals surface area contributed by atoms with E-state index >= 15 is 0 Å².